The van der Waals surface area contributed by atoms with E-state index >= 15 is 0 Å². The predicted molar refractivity (Wildman–Crippen MR) is 111 cm³/mol. The van der Waals surface area contributed by atoms with E-state index in [-0.39, 0.29) is 11.9 Å². The molecule has 1 fully saturated rings. The fourth-order valence-electron chi connectivity index (χ4n) is 3.50. The van der Waals surface area contributed by atoms with Crippen LogP contribution in [0.25, 0.3) is 22.4 Å². The first-order valence-electron chi connectivity index (χ1n) is 9.78. The molecule has 2 amide bonds. The minimum absolute atomic E-state index is 0.112. The smallest absolute Gasteiger partial charge is 0.256 e. The molecule has 0 aliphatic carbocycles. The number of fused-ring (bicyclic) bond motifs is 1. The summed E-state index contributed by atoms with van der Waals surface area (Å²) in [6.45, 7) is 6.78. The van der Waals surface area contributed by atoms with Gasteiger partial charge in [0.2, 0.25) is 5.91 Å². The molecule has 3 aromatic rings. The van der Waals surface area contributed by atoms with Crippen LogP contribution in [0.2, 0.25) is 0 Å². The van der Waals surface area contributed by atoms with Crippen LogP contribution in [0, 0.1) is 0 Å². The average Bonchev–Trinajstić information content (AvgIpc) is 3.41. The molecule has 0 aromatic carbocycles. The number of likely N-dealkylation sites (tertiary alicyclic amines) is 1. The molecule has 3 aromatic heterocycles. The van der Waals surface area contributed by atoms with Crippen molar-refractivity contribution in [1.29, 1.82) is 0 Å². The van der Waals surface area contributed by atoms with Gasteiger partial charge in [-0.3, -0.25) is 14.7 Å². The number of piperidine rings is 1. The van der Waals surface area contributed by atoms with Crippen LogP contribution in [0.4, 0.5) is 0 Å². The molecule has 10 heteroatoms. The zero-order valence-corrected chi connectivity index (χ0v) is 16.7. The van der Waals surface area contributed by atoms with Crippen LogP contribution >= 0.6 is 0 Å². The molecule has 0 bridgehead atoms. The lowest BCUT2D eigenvalue weighted by Gasteiger charge is -2.33. The fourth-order valence-corrected chi connectivity index (χ4v) is 3.50. The van der Waals surface area contributed by atoms with Crippen LogP contribution < -0.4 is 11.1 Å². The SMILES string of the molecule is C=C(C)[C@@H](NC(=O)c1c[nH]c2ncc(-c3cn[nH]c3)nc12)C(=O)N1CCC(N)CC1. The highest BCUT2D eigenvalue weighted by molar-refractivity contribution is 6.06. The number of nitrogens with zero attached hydrogens (tertiary/aromatic N) is 4. The third kappa shape index (κ3) is 3.81. The molecular formula is C20H24N8O2. The molecule has 1 atom stereocenters. The Labute approximate surface area is 173 Å². The molecule has 1 aliphatic rings. The number of aromatic nitrogens is 5. The molecule has 1 saturated heterocycles. The van der Waals surface area contributed by atoms with Gasteiger partial charge in [-0.2, -0.15) is 5.10 Å². The average molecular weight is 408 g/mol. The Morgan fingerprint density at radius 1 is 1.30 bits per heavy atom. The Kier molecular flexibility index (Phi) is 5.32. The second-order valence-corrected chi connectivity index (χ2v) is 7.56. The van der Waals surface area contributed by atoms with Gasteiger partial charge in [0.1, 0.15) is 11.6 Å². The number of nitrogens with two attached hydrogens (primary N) is 1. The molecule has 30 heavy (non-hydrogen) atoms. The standard InChI is InChI=1S/C20H24N8O2/c1-11(2)16(20(30)28-5-3-13(21)4-6-28)27-19(29)14-9-22-18-17(14)26-15(10-23-18)12-7-24-25-8-12/h7-10,13,16H,1,3-6,21H2,2H3,(H,22,23)(H,24,25)(H,27,29)/t16-/m1/s1. The number of carbonyl (C=O) groups is 2. The number of rotatable bonds is 5. The van der Waals surface area contributed by atoms with E-state index < -0.39 is 11.9 Å². The molecule has 4 rings (SSSR count). The van der Waals surface area contributed by atoms with Crippen molar-refractivity contribution in [2.75, 3.05) is 13.1 Å². The number of H-pyrrole nitrogens is 2. The van der Waals surface area contributed by atoms with Crippen LogP contribution in [-0.2, 0) is 4.79 Å². The third-order valence-corrected chi connectivity index (χ3v) is 5.29. The van der Waals surface area contributed by atoms with Gasteiger partial charge in [-0.25, -0.2) is 9.97 Å². The number of aromatic amines is 2. The zero-order chi connectivity index (χ0) is 21.3. The molecule has 4 heterocycles. The molecule has 1 aliphatic heterocycles. The quantitative estimate of drug-likeness (QED) is 0.463. The van der Waals surface area contributed by atoms with E-state index in [9.17, 15) is 9.59 Å². The minimum atomic E-state index is -0.818. The highest BCUT2D eigenvalue weighted by Crippen LogP contribution is 2.21. The Morgan fingerprint density at radius 2 is 2.07 bits per heavy atom. The van der Waals surface area contributed by atoms with E-state index in [0.29, 0.717) is 41.1 Å². The van der Waals surface area contributed by atoms with E-state index in [2.05, 4.69) is 37.0 Å². The topological polar surface area (TPSA) is 146 Å². The van der Waals surface area contributed by atoms with Gasteiger partial charge in [0.15, 0.2) is 5.65 Å². The normalized spacial score (nSPS) is 15.9. The Hall–Kier alpha value is -3.53. The third-order valence-electron chi connectivity index (χ3n) is 5.29. The first-order valence-corrected chi connectivity index (χ1v) is 9.78. The maximum Gasteiger partial charge on any atom is 0.256 e. The number of carbonyl (C=O) groups excluding carboxylic acids is 2. The van der Waals surface area contributed by atoms with E-state index in [4.69, 9.17) is 5.73 Å². The largest absolute Gasteiger partial charge is 0.344 e. The highest BCUT2D eigenvalue weighted by atomic mass is 16.2. The van der Waals surface area contributed by atoms with Gasteiger partial charge in [0.25, 0.3) is 5.91 Å². The summed E-state index contributed by atoms with van der Waals surface area (Å²) >= 11 is 0. The molecule has 0 saturated carbocycles. The summed E-state index contributed by atoms with van der Waals surface area (Å²) in [4.78, 5) is 39.6. The number of nitrogens with one attached hydrogen (secondary N) is 3. The number of hydrogen-bond acceptors (Lipinski definition) is 6. The second-order valence-electron chi connectivity index (χ2n) is 7.56. The van der Waals surface area contributed by atoms with Crippen LogP contribution in [0.1, 0.15) is 30.1 Å². The predicted octanol–water partition coefficient (Wildman–Crippen LogP) is 0.972. The Balaban J connectivity index is 1.57. The van der Waals surface area contributed by atoms with Gasteiger partial charge in [0.05, 0.1) is 23.7 Å². The second kappa shape index (κ2) is 8.07. The maximum atomic E-state index is 13.0. The highest BCUT2D eigenvalue weighted by Gasteiger charge is 2.30. The molecule has 156 valence electrons. The van der Waals surface area contributed by atoms with E-state index in [1.165, 1.54) is 0 Å². The van der Waals surface area contributed by atoms with Crippen molar-refractivity contribution < 1.29 is 9.59 Å². The van der Waals surface area contributed by atoms with Gasteiger partial charge < -0.3 is 20.9 Å². The van der Waals surface area contributed by atoms with Crippen molar-refractivity contribution >= 4 is 23.0 Å². The van der Waals surface area contributed by atoms with Crippen molar-refractivity contribution in [2.45, 2.75) is 31.8 Å². The first kappa shape index (κ1) is 19.8. The van der Waals surface area contributed by atoms with Gasteiger partial charge in [-0.1, -0.05) is 6.58 Å². The molecule has 5 N–H and O–H groups in total. The summed E-state index contributed by atoms with van der Waals surface area (Å²) in [5, 5.41) is 9.45. The zero-order valence-electron chi connectivity index (χ0n) is 16.7. The van der Waals surface area contributed by atoms with E-state index in [0.717, 1.165) is 18.4 Å². The van der Waals surface area contributed by atoms with Gasteiger partial charge in [-0.15, -0.1) is 0 Å². The lowest BCUT2D eigenvalue weighted by molar-refractivity contribution is -0.133. The van der Waals surface area contributed by atoms with Crippen molar-refractivity contribution in [2.24, 2.45) is 5.73 Å². The van der Waals surface area contributed by atoms with Crippen LogP contribution in [0.5, 0.6) is 0 Å². The van der Waals surface area contributed by atoms with Gasteiger partial charge in [0, 0.05) is 37.1 Å². The lowest BCUT2D eigenvalue weighted by Crippen LogP contribution is -2.52. The number of hydrogen-bond donors (Lipinski definition) is 4. The summed E-state index contributed by atoms with van der Waals surface area (Å²) in [7, 11) is 0. The Morgan fingerprint density at radius 3 is 2.73 bits per heavy atom. The summed E-state index contributed by atoms with van der Waals surface area (Å²) in [5.41, 5.74) is 9.05. The molecule has 0 spiro atoms. The van der Waals surface area contributed by atoms with E-state index in [1.54, 1.807) is 36.6 Å². The van der Waals surface area contributed by atoms with Crippen LogP contribution in [0.15, 0.2) is 36.9 Å². The van der Waals surface area contributed by atoms with Crippen molar-refractivity contribution in [1.82, 2.24) is 35.4 Å². The summed E-state index contributed by atoms with van der Waals surface area (Å²) in [6.07, 6.45) is 7.96. The summed E-state index contributed by atoms with van der Waals surface area (Å²) in [5.74, 6) is -0.595. The van der Waals surface area contributed by atoms with Gasteiger partial charge >= 0.3 is 0 Å². The molecule has 0 radical (unpaired) electrons. The summed E-state index contributed by atoms with van der Waals surface area (Å²) < 4.78 is 0. The molecule has 10 nitrogen and oxygen atoms in total. The van der Waals surface area contributed by atoms with Gasteiger partial charge in [-0.05, 0) is 25.3 Å². The molecule has 0 unspecified atom stereocenters. The van der Waals surface area contributed by atoms with Crippen molar-refractivity contribution in [3.05, 3.63) is 42.5 Å². The number of amides is 2. The van der Waals surface area contributed by atoms with Crippen LogP contribution in [0.3, 0.4) is 0 Å². The van der Waals surface area contributed by atoms with Crippen molar-refractivity contribution in [3.8, 4) is 11.3 Å². The van der Waals surface area contributed by atoms with Crippen LogP contribution in [-0.4, -0.2) is 67.0 Å². The van der Waals surface area contributed by atoms with E-state index in [1.807, 2.05) is 0 Å². The van der Waals surface area contributed by atoms with Crippen molar-refractivity contribution in [3.63, 3.8) is 0 Å². The minimum Gasteiger partial charge on any atom is -0.344 e. The monoisotopic (exact) mass is 408 g/mol. The Bertz CT molecular complexity index is 1080. The fraction of sp³-hybridized carbons (Fsp3) is 0.350. The first-order chi connectivity index (χ1) is 14.4. The molecular weight excluding hydrogens is 384 g/mol. The maximum absolute atomic E-state index is 13.0. The lowest BCUT2D eigenvalue weighted by atomic mass is 10.0. The summed E-state index contributed by atoms with van der Waals surface area (Å²) in [6, 6.07) is -0.706.